The maximum atomic E-state index is 13.5. The lowest BCUT2D eigenvalue weighted by atomic mass is 9.77. The van der Waals surface area contributed by atoms with E-state index in [9.17, 15) is 4.79 Å². The highest BCUT2D eigenvalue weighted by molar-refractivity contribution is 7.10. The second-order valence-corrected chi connectivity index (χ2v) is 9.83. The molecule has 5 rings (SSSR count). The molecule has 0 radical (unpaired) electrons. The predicted octanol–water partition coefficient (Wildman–Crippen LogP) is 5.99. The Balaban J connectivity index is 1.49. The van der Waals surface area contributed by atoms with E-state index in [0.29, 0.717) is 0 Å². The average molecular weight is 467 g/mol. The average Bonchev–Trinajstić information content (AvgIpc) is 3.42. The fourth-order valence-corrected chi connectivity index (χ4v) is 6.36. The number of Topliss-reactive ketones (excluding diaryl/α,β-unsaturated/α-hetero) is 1. The molecule has 34 heavy (non-hydrogen) atoms. The molecule has 0 N–H and O–H groups in total. The van der Waals surface area contributed by atoms with Gasteiger partial charge in [-0.25, -0.2) is 0 Å². The van der Waals surface area contributed by atoms with Gasteiger partial charge in [0.2, 0.25) is 0 Å². The molecule has 1 aliphatic rings. The maximum Gasteiger partial charge on any atom is 0.159 e. The highest BCUT2D eigenvalue weighted by Gasteiger charge is 2.46. The van der Waals surface area contributed by atoms with Crippen LogP contribution in [-0.2, 0) is 10.3 Å². The van der Waals surface area contributed by atoms with Crippen molar-refractivity contribution in [1.82, 2.24) is 9.80 Å². The molecule has 1 unspecified atom stereocenters. The zero-order valence-electron chi connectivity index (χ0n) is 19.5. The van der Waals surface area contributed by atoms with Crippen LogP contribution in [0.3, 0.4) is 0 Å². The third-order valence-corrected chi connectivity index (χ3v) is 7.90. The van der Waals surface area contributed by atoms with Gasteiger partial charge in [0.05, 0.1) is 6.04 Å². The maximum absolute atomic E-state index is 13.5. The van der Waals surface area contributed by atoms with Crippen molar-refractivity contribution >= 4 is 17.1 Å². The molecular weight excluding hydrogens is 436 g/mol. The Labute approximate surface area is 206 Å². The van der Waals surface area contributed by atoms with E-state index in [1.54, 1.807) is 6.92 Å². The van der Waals surface area contributed by atoms with Crippen LogP contribution < -0.4 is 0 Å². The molecule has 1 aliphatic heterocycles. The van der Waals surface area contributed by atoms with E-state index in [4.69, 9.17) is 0 Å². The summed E-state index contributed by atoms with van der Waals surface area (Å²) in [5, 5.41) is 2.16. The summed E-state index contributed by atoms with van der Waals surface area (Å²) in [4.78, 5) is 19.9. The van der Waals surface area contributed by atoms with Crippen LogP contribution in [0, 0.1) is 0 Å². The van der Waals surface area contributed by atoms with Gasteiger partial charge in [-0.05, 0) is 35.1 Å². The molecule has 0 saturated carbocycles. The molecule has 0 spiro atoms. The van der Waals surface area contributed by atoms with Gasteiger partial charge in [-0.15, -0.1) is 11.3 Å². The summed E-state index contributed by atoms with van der Waals surface area (Å²) in [6, 6.07) is 36.0. The van der Waals surface area contributed by atoms with E-state index in [1.165, 1.54) is 10.4 Å². The first kappa shape index (κ1) is 22.7. The van der Waals surface area contributed by atoms with Crippen molar-refractivity contribution in [3.05, 3.63) is 130 Å². The zero-order chi connectivity index (χ0) is 23.4. The monoisotopic (exact) mass is 466 g/mol. The third kappa shape index (κ3) is 4.14. The van der Waals surface area contributed by atoms with Crippen molar-refractivity contribution in [2.45, 2.75) is 18.5 Å². The summed E-state index contributed by atoms with van der Waals surface area (Å²) >= 11 is 1.82. The van der Waals surface area contributed by atoms with Crippen molar-refractivity contribution < 1.29 is 4.79 Å². The Morgan fingerprint density at radius 1 is 0.735 bits per heavy atom. The number of thiophene rings is 1. The number of nitrogens with zero attached hydrogens (tertiary/aromatic N) is 2. The standard InChI is InChI=1S/C30H30N2OS/c1-24(33)30(26-14-7-3-8-15-26,27-16-9-4-10-17-27)32-21-19-31(20-22-32)29(28-18-11-23-34-28)25-12-5-2-6-13-25/h2-18,23,29H,19-22H2,1H3. The van der Waals surface area contributed by atoms with Gasteiger partial charge in [-0.3, -0.25) is 14.6 Å². The van der Waals surface area contributed by atoms with Crippen molar-refractivity contribution in [3.8, 4) is 0 Å². The molecule has 0 aliphatic carbocycles. The van der Waals surface area contributed by atoms with E-state index in [-0.39, 0.29) is 11.8 Å². The fourth-order valence-electron chi connectivity index (χ4n) is 5.47. The lowest BCUT2D eigenvalue weighted by molar-refractivity contribution is -0.128. The van der Waals surface area contributed by atoms with Gasteiger partial charge < -0.3 is 0 Å². The molecular formula is C30H30N2OS. The van der Waals surface area contributed by atoms with E-state index in [2.05, 4.69) is 81.9 Å². The molecule has 1 aromatic heterocycles. The van der Waals surface area contributed by atoms with Crippen LogP contribution in [0.4, 0.5) is 0 Å². The summed E-state index contributed by atoms with van der Waals surface area (Å²) in [6.07, 6.45) is 0. The van der Waals surface area contributed by atoms with Gasteiger partial charge in [0.1, 0.15) is 5.54 Å². The van der Waals surface area contributed by atoms with Crippen LogP contribution in [0.1, 0.15) is 34.5 Å². The highest BCUT2D eigenvalue weighted by Crippen LogP contribution is 2.39. The van der Waals surface area contributed by atoms with Crippen LogP contribution in [-0.4, -0.2) is 41.8 Å². The Morgan fingerprint density at radius 2 is 1.26 bits per heavy atom. The minimum Gasteiger partial charge on any atom is -0.297 e. The largest absolute Gasteiger partial charge is 0.297 e. The second-order valence-electron chi connectivity index (χ2n) is 8.85. The minimum atomic E-state index is -0.778. The molecule has 4 aromatic rings. The number of hydrogen-bond acceptors (Lipinski definition) is 4. The molecule has 0 amide bonds. The number of ketones is 1. The zero-order valence-corrected chi connectivity index (χ0v) is 20.3. The summed E-state index contributed by atoms with van der Waals surface area (Å²) in [5.74, 6) is 0.163. The third-order valence-electron chi connectivity index (χ3n) is 6.97. The number of hydrogen-bond donors (Lipinski definition) is 0. The summed E-state index contributed by atoms with van der Waals surface area (Å²) < 4.78 is 0. The molecule has 1 fully saturated rings. The summed E-state index contributed by atoms with van der Waals surface area (Å²) in [5.41, 5.74) is 2.63. The van der Waals surface area contributed by atoms with Gasteiger partial charge in [0, 0.05) is 31.1 Å². The highest BCUT2D eigenvalue weighted by atomic mass is 32.1. The van der Waals surface area contributed by atoms with E-state index < -0.39 is 5.54 Å². The van der Waals surface area contributed by atoms with Crippen LogP contribution in [0.25, 0.3) is 0 Å². The summed E-state index contributed by atoms with van der Waals surface area (Å²) in [7, 11) is 0. The quantitative estimate of drug-likeness (QED) is 0.334. The van der Waals surface area contributed by atoms with Crippen molar-refractivity contribution in [3.63, 3.8) is 0 Å². The Hall–Kier alpha value is -3.05. The lowest BCUT2D eigenvalue weighted by Crippen LogP contribution is -2.59. The van der Waals surface area contributed by atoms with Gasteiger partial charge in [0.15, 0.2) is 5.78 Å². The number of carbonyl (C=O) groups is 1. The number of rotatable bonds is 7. The van der Waals surface area contributed by atoms with Crippen LogP contribution in [0.15, 0.2) is 109 Å². The predicted molar refractivity (Wildman–Crippen MR) is 140 cm³/mol. The first-order chi connectivity index (χ1) is 16.7. The lowest BCUT2D eigenvalue weighted by Gasteiger charge is -2.48. The smallest absolute Gasteiger partial charge is 0.159 e. The van der Waals surface area contributed by atoms with E-state index >= 15 is 0 Å². The molecule has 3 aromatic carbocycles. The normalized spacial score (nSPS) is 16.3. The van der Waals surface area contributed by atoms with Gasteiger partial charge >= 0.3 is 0 Å². The molecule has 2 heterocycles. The SMILES string of the molecule is CC(=O)C(c1ccccc1)(c1ccccc1)N1CCN(C(c2ccccc2)c2cccs2)CC1. The molecule has 1 atom stereocenters. The van der Waals surface area contributed by atoms with E-state index in [1.807, 2.05) is 47.7 Å². The molecule has 1 saturated heterocycles. The van der Waals surface area contributed by atoms with E-state index in [0.717, 1.165) is 37.3 Å². The number of piperazine rings is 1. The number of carbonyl (C=O) groups excluding carboxylic acids is 1. The summed E-state index contributed by atoms with van der Waals surface area (Å²) in [6.45, 7) is 5.17. The van der Waals surface area contributed by atoms with Crippen LogP contribution in [0.5, 0.6) is 0 Å². The Morgan fingerprint density at radius 3 is 1.74 bits per heavy atom. The van der Waals surface area contributed by atoms with Gasteiger partial charge in [-0.1, -0.05) is 97.1 Å². The molecule has 4 heteroatoms. The van der Waals surface area contributed by atoms with Crippen molar-refractivity contribution in [1.29, 1.82) is 0 Å². The molecule has 3 nitrogen and oxygen atoms in total. The topological polar surface area (TPSA) is 23.6 Å². The fraction of sp³-hybridized carbons (Fsp3) is 0.233. The van der Waals surface area contributed by atoms with Gasteiger partial charge in [-0.2, -0.15) is 0 Å². The van der Waals surface area contributed by atoms with Gasteiger partial charge in [0.25, 0.3) is 0 Å². The first-order valence-electron chi connectivity index (χ1n) is 11.9. The second kappa shape index (κ2) is 10.1. The Bertz CT molecular complexity index is 1150. The van der Waals surface area contributed by atoms with Crippen molar-refractivity contribution in [2.75, 3.05) is 26.2 Å². The molecule has 0 bridgehead atoms. The van der Waals surface area contributed by atoms with Crippen LogP contribution >= 0.6 is 11.3 Å². The number of benzene rings is 3. The van der Waals surface area contributed by atoms with Crippen LogP contribution in [0.2, 0.25) is 0 Å². The van der Waals surface area contributed by atoms with Crippen molar-refractivity contribution in [2.24, 2.45) is 0 Å². The Kier molecular flexibility index (Phi) is 6.73. The molecule has 172 valence electrons. The first-order valence-corrected chi connectivity index (χ1v) is 12.8. The minimum absolute atomic E-state index is 0.163.